The maximum absolute atomic E-state index is 10.8. The van der Waals surface area contributed by atoms with Gasteiger partial charge in [-0.15, -0.1) is 10.2 Å². The number of rotatable bonds is 2. The molecule has 3 aromatic rings. The van der Waals surface area contributed by atoms with E-state index >= 15 is 0 Å². The van der Waals surface area contributed by atoms with Gasteiger partial charge in [0.2, 0.25) is 0 Å². The minimum atomic E-state index is -0.487. The number of nitrogens with two attached hydrogens (primary N) is 1. The molecule has 0 aliphatic rings. The maximum atomic E-state index is 10.8. The quantitative estimate of drug-likeness (QED) is 0.420. The number of nitro groups is 1. The SMILES string of the molecule is Nc1ccc([N+](=O)[O-])cc1-c1nnc2cccnn12. The fraction of sp³-hybridized carbons (Fsp3) is 0. The van der Waals surface area contributed by atoms with Crippen molar-refractivity contribution in [2.45, 2.75) is 0 Å². The van der Waals surface area contributed by atoms with E-state index in [0.717, 1.165) is 0 Å². The molecule has 0 aliphatic heterocycles. The molecule has 0 bridgehead atoms. The Hall–Kier alpha value is -3.03. The summed E-state index contributed by atoms with van der Waals surface area (Å²) < 4.78 is 1.48. The third-order valence-electron chi connectivity index (χ3n) is 2.67. The number of fused-ring (bicyclic) bond motifs is 1. The van der Waals surface area contributed by atoms with E-state index in [9.17, 15) is 10.1 Å². The van der Waals surface area contributed by atoms with Crippen LogP contribution in [0.1, 0.15) is 0 Å². The van der Waals surface area contributed by atoms with Gasteiger partial charge in [-0.3, -0.25) is 10.1 Å². The zero-order valence-electron chi connectivity index (χ0n) is 9.59. The molecule has 0 atom stereocenters. The third-order valence-corrected chi connectivity index (χ3v) is 2.67. The molecule has 0 aliphatic carbocycles. The summed E-state index contributed by atoms with van der Waals surface area (Å²) in [6.45, 7) is 0. The molecule has 0 radical (unpaired) electrons. The van der Waals surface area contributed by atoms with Gasteiger partial charge in [0.05, 0.1) is 10.5 Å². The Labute approximate surface area is 106 Å². The fourth-order valence-electron chi connectivity index (χ4n) is 1.76. The lowest BCUT2D eigenvalue weighted by atomic mass is 10.1. The Morgan fingerprint density at radius 3 is 2.89 bits per heavy atom. The van der Waals surface area contributed by atoms with Crippen LogP contribution in [0.3, 0.4) is 0 Å². The standard InChI is InChI=1S/C11H8N6O2/c12-9-4-3-7(17(18)19)6-8(9)11-15-14-10-2-1-5-13-16(10)11/h1-6H,12H2. The first-order valence-corrected chi connectivity index (χ1v) is 5.37. The Kier molecular flexibility index (Phi) is 2.34. The molecule has 94 valence electrons. The normalized spacial score (nSPS) is 10.7. The molecular weight excluding hydrogens is 248 g/mol. The lowest BCUT2D eigenvalue weighted by Gasteiger charge is -2.03. The second-order valence-corrected chi connectivity index (χ2v) is 3.85. The lowest BCUT2D eigenvalue weighted by molar-refractivity contribution is -0.384. The van der Waals surface area contributed by atoms with E-state index in [4.69, 9.17) is 5.73 Å². The summed E-state index contributed by atoms with van der Waals surface area (Å²) in [7, 11) is 0. The first kappa shape index (κ1) is 11.1. The number of non-ortho nitro benzene ring substituents is 1. The number of nitro benzene ring substituents is 1. The second-order valence-electron chi connectivity index (χ2n) is 3.85. The van der Waals surface area contributed by atoms with Crippen molar-refractivity contribution < 1.29 is 4.92 Å². The van der Waals surface area contributed by atoms with E-state index in [1.165, 1.54) is 22.7 Å². The highest BCUT2D eigenvalue weighted by Crippen LogP contribution is 2.28. The van der Waals surface area contributed by atoms with Gasteiger partial charge in [-0.2, -0.15) is 9.61 Å². The number of aromatic nitrogens is 4. The topological polar surface area (TPSA) is 112 Å². The number of anilines is 1. The smallest absolute Gasteiger partial charge is 0.270 e. The van der Waals surface area contributed by atoms with E-state index in [2.05, 4.69) is 15.3 Å². The minimum Gasteiger partial charge on any atom is -0.398 e. The van der Waals surface area contributed by atoms with Crippen molar-refractivity contribution in [2.24, 2.45) is 0 Å². The van der Waals surface area contributed by atoms with E-state index in [0.29, 0.717) is 22.7 Å². The molecule has 8 heteroatoms. The van der Waals surface area contributed by atoms with Gasteiger partial charge >= 0.3 is 0 Å². The molecular formula is C11H8N6O2. The van der Waals surface area contributed by atoms with Gasteiger partial charge in [0.15, 0.2) is 11.5 Å². The van der Waals surface area contributed by atoms with Crippen LogP contribution in [0.2, 0.25) is 0 Å². The van der Waals surface area contributed by atoms with Crippen molar-refractivity contribution in [3.63, 3.8) is 0 Å². The van der Waals surface area contributed by atoms with Crippen LogP contribution in [0, 0.1) is 10.1 Å². The van der Waals surface area contributed by atoms with Crippen LogP contribution in [-0.2, 0) is 0 Å². The Morgan fingerprint density at radius 1 is 1.26 bits per heavy atom. The van der Waals surface area contributed by atoms with Gasteiger partial charge in [-0.25, -0.2) is 0 Å². The van der Waals surface area contributed by atoms with Gasteiger partial charge in [0, 0.05) is 24.0 Å². The van der Waals surface area contributed by atoms with Gasteiger partial charge in [0.1, 0.15) is 0 Å². The van der Waals surface area contributed by atoms with Crippen LogP contribution < -0.4 is 5.73 Å². The van der Waals surface area contributed by atoms with E-state index < -0.39 is 4.92 Å². The molecule has 1 aromatic carbocycles. The van der Waals surface area contributed by atoms with Gasteiger partial charge in [-0.05, 0) is 18.2 Å². The zero-order valence-corrected chi connectivity index (χ0v) is 9.59. The van der Waals surface area contributed by atoms with Crippen LogP contribution in [0.4, 0.5) is 11.4 Å². The molecule has 0 spiro atoms. The van der Waals surface area contributed by atoms with Gasteiger partial charge < -0.3 is 5.73 Å². The molecule has 0 unspecified atom stereocenters. The van der Waals surface area contributed by atoms with Crippen LogP contribution >= 0.6 is 0 Å². The molecule has 0 saturated carbocycles. The Morgan fingerprint density at radius 2 is 2.11 bits per heavy atom. The average molecular weight is 256 g/mol. The van der Waals surface area contributed by atoms with E-state index in [-0.39, 0.29) is 5.69 Å². The molecule has 0 amide bonds. The summed E-state index contributed by atoms with van der Waals surface area (Å²) in [6.07, 6.45) is 1.58. The Bertz CT molecular complexity index is 782. The summed E-state index contributed by atoms with van der Waals surface area (Å²) in [5.74, 6) is 0.372. The van der Waals surface area contributed by atoms with Crippen molar-refractivity contribution >= 4 is 17.0 Å². The van der Waals surface area contributed by atoms with Gasteiger partial charge in [-0.1, -0.05) is 0 Å². The minimum absolute atomic E-state index is 0.0584. The van der Waals surface area contributed by atoms with E-state index in [1.807, 2.05) is 0 Å². The van der Waals surface area contributed by atoms with Crippen LogP contribution in [0.25, 0.3) is 17.0 Å². The van der Waals surface area contributed by atoms with Crippen molar-refractivity contribution in [1.29, 1.82) is 0 Å². The zero-order chi connectivity index (χ0) is 13.4. The van der Waals surface area contributed by atoms with Crippen molar-refractivity contribution in [1.82, 2.24) is 19.8 Å². The predicted octanol–water partition coefficient (Wildman–Crippen LogP) is 1.28. The first-order valence-electron chi connectivity index (χ1n) is 5.37. The average Bonchev–Trinajstić information content (AvgIpc) is 2.83. The molecule has 2 heterocycles. The first-order chi connectivity index (χ1) is 9.16. The molecule has 19 heavy (non-hydrogen) atoms. The summed E-state index contributed by atoms with van der Waals surface area (Å²) in [5.41, 5.74) is 7.14. The Balaban J connectivity index is 2.26. The summed E-state index contributed by atoms with van der Waals surface area (Å²) >= 11 is 0. The molecule has 0 fully saturated rings. The highest BCUT2D eigenvalue weighted by molar-refractivity contribution is 5.75. The van der Waals surface area contributed by atoms with Crippen LogP contribution in [0.5, 0.6) is 0 Å². The molecule has 3 rings (SSSR count). The number of hydrogen-bond donors (Lipinski definition) is 1. The van der Waals surface area contributed by atoms with Gasteiger partial charge in [0.25, 0.3) is 5.69 Å². The number of nitrogen functional groups attached to an aromatic ring is 1. The number of benzene rings is 1. The summed E-state index contributed by atoms with van der Waals surface area (Å²) in [6, 6.07) is 7.63. The lowest BCUT2D eigenvalue weighted by Crippen LogP contribution is -1.98. The number of nitrogens with zero attached hydrogens (tertiary/aromatic N) is 5. The van der Waals surface area contributed by atoms with Crippen LogP contribution in [0.15, 0.2) is 36.5 Å². The van der Waals surface area contributed by atoms with Crippen LogP contribution in [-0.4, -0.2) is 24.7 Å². The van der Waals surface area contributed by atoms with Crippen molar-refractivity contribution in [3.05, 3.63) is 46.6 Å². The number of hydrogen-bond acceptors (Lipinski definition) is 6. The largest absolute Gasteiger partial charge is 0.398 e. The monoisotopic (exact) mass is 256 g/mol. The van der Waals surface area contributed by atoms with E-state index in [1.54, 1.807) is 18.3 Å². The molecule has 2 N–H and O–H groups in total. The highest BCUT2D eigenvalue weighted by atomic mass is 16.6. The molecule has 0 saturated heterocycles. The summed E-state index contributed by atoms with van der Waals surface area (Å²) in [4.78, 5) is 10.3. The third kappa shape index (κ3) is 1.75. The molecule has 8 nitrogen and oxygen atoms in total. The van der Waals surface area contributed by atoms with Crippen molar-refractivity contribution in [3.8, 4) is 11.4 Å². The van der Waals surface area contributed by atoms with Crippen molar-refractivity contribution in [2.75, 3.05) is 5.73 Å². The summed E-state index contributed by atoms with van der Waals surface area (Å²) in [5, 5.41) is 22.8. The molecule has 2 aromatic heterocycles. The fourth-order valence-corrected chi connectivity index (χ4v) is 1.76. The highest BCUT2D eigenvalue weighted by Gasteiger charge is 2.15. The maximum Gasteiger partial charge on any atom is 0.270 e. The predicted molar refractivity (Wildman–Crippen MR) is 67.3 cm³/mol. The second kappa shape index (κ2) is 4.02.